The average Bonchev–Trinajstić information content (AvgIpc) is 3.24. The van der Waals surface area contributed by atoms with Gasteiger partial charge in [0.1, 0.15) is 0 Å². The van der Waals surface area contributed by atoms with Crippen molar-refractivity contribution in [3.8, 4) is 11.4 Å². The van der Waals surface area contributed by atoms with Gasteiger partial charge in [-0.3, -0.25) is 4.98 Å². The van der Waals surface area contributed by atoms with Crippen LogP contribution in [0.15, 0.2) is 95.5 Å². The second-order valence-corrected chi connectivity index (χ2v) is 7.04. The van der Waals surface area contributed by atoms with Gasteiger partial charge in [0, 0.05) is 16.6 Å². The van der Waals surface area contributed by atoms with Crippen LogP contribution >= 0.6 is 0 Å². The Kier molecular flexibility index (Phi) is 4.37. The minimum atomic E-state index is -0.118. The molecular formula is C25H19N3O. The lowest BCUT2D eigenvalue weighted by Crippen LogP contribution is -2.03. The summed E-state index contributed by atoms with van der Waals surface area (Å²) in [6.07, 6.45) is 0. The van der Waals surface area contributed by atoms with Crippen LogP contribution in [0.25, 0.3) is 22.3 Å². The molecule has 0 bridgehead atoms. The number of fused-ring (bicyclic) bond motifs is 1. The third-order valence-electron chi connectivity index (χ3n) is 5.04. The zero-order valence-corrected chi connectivity index (χ0v) is 16.0. The van der Waals surface area contributed by atoms with Crippen LogP contribution < -0.4 is 0 Å². The Labute approximate surface area is 168 Å². The fraction of sp³-hybridized carbons (Fsp3) is 0.0800. The van der Waals surface area contributed by atoms with E-state index in [1.165, 1.54) is 0 Å². The second kappa shape index (κ2) is 7.32. The van der Waals surface area contributed by atoms with E-state index >= 15 is 0 Å². The van der Waals surface area contributed by atoms with Crippen LogP contribution in [0.5, 0.6) is 0 Å². The number of aromatic nitrogens is 3. The molecule has 29 heavy (non-hydrogen) atoms. The number of aryl methyl sites for hydroxylation is 1. The summed E-state index contributed by atoms with van der Waals surface area (Å²) in [5.74, 6) is 1.04. The summed E-state index contributed by atoms with van der Waals surface area (Å²) in [4.78, 5) is 9.43. The van der Waals surface area contributed by atoms with Crippen LogP contribution in [0.3, 0.4) is 0 Å². The van der Waals surface area contributed by atoms with Crippen molar-refractivity contribution in [1.82, 2.24) is 15.1 Å². The minimum Gasteiger partial charge on any atom is -0.338 e. The highest BCUT2D eigenvalue weighted by molar-refractivity contribution is 5.92. The quantitative estimate of drug-likeness (QED) is 0.399. The Morgan fingerprint density at radius 2 is 1.34 bits per heavy atom. The molecule has 0 atom stereocenters. The van der Waals surface area contributed by atoms with Crippen molar-refractivity contribution in [2.45, 2.75) is 12.8 Å². The molecular weight excluding hydrogens is 358 g/mol. The second-order valence-electron chi connectivity index (χ2n) is 7.04. The monoisotopic (exact) mass is 377 g/mol. The van der Waals surface area contributed by atoms with Crippen molar-refractivity contribution < 1.29 is 4.52 Å². The Hall–Kier alpha value is -3.79. The molecule has 4 nitrogen and oxygen atoms in total. The van der Waals surface area contributed by atoms with Crippen LogP contribution in [0, 0.1) is 6.92 Å². The first-order valence-corrected chi connectivity index (χ1v) is 9.60. The van der Waals surface area contributed by atoms with Gasteiger partial charge in [-0.25, -0.2) is 0 Å². The fourth-order valence-corrected chi connectivity index (χ4v) is 3.72. The molecule has 2 heterocycles. The number of nitrogens with zero attached hydrogens (tertiary/aromatic N) is 3. The van der Waals surface area contributed by atoms with Crippen molar-refractivity contribution in [3.63, 3.8) is 0 Å². The molecule has 5 rings (SSSR count). The van der Waals surface area contributed by atoms with Gasteiger partial charge in [0.2, 0.25) is 11.7 Å². The van der Waals surface area contributed by atoms with Crippen LogP contribution in [-0.4, -0.2) is 15.1 Å². The Balaban J connectivity index is 1.65. The van der Waals surface area contributed by atoms with E-state index < -0.39 is 0 Å². The summed E-state index contributed by atoms with van der Waals surface area (Å²) in [6.45, 7) is 1.98. The summed E-state index contributed by atoms with van der Waals surface area (Å²) < 4.78 is 5.80. The summed E-state index contributed by atoms with van der Waals surface area (Å²) in [5, 5.41) is 5.35. The number of benzene rings is 3. The van der Waals surface area contributed by atoms with Crippen LogP contribution in [0.4, 0.5) is 0 Å². The van der Waals surface area contributed by atoms with E-state index in [1.54, 1.807) is 0 Å². The van der Waals surface area contributed by atoms with E-state index in [9.17, 15) is 0 Å². The molecule has 2 aromatic heterocycles. The maximum atomic E-state index is 5.80. The summed E-state index contributed by atoms with van der Waals surface area (Å²) in [5.41, 5.74) is 5.02. The van der Waals surface area contributed by atoms with Crippen molar-refractivity contribution in [1.29, 1.82) is 0 Å². The summed E-state index contributed by atoms with van der Waals surface area (Å²) in [7, 11) is 0. The van der Waals surface area contributed by atoms with Crippen molar-refractivity contribution in [2.24, 2.45) is 0 Å². The maximum absolute atomic E-state index is 5.80. The topological polar surface area (TPSA) is 51.8 Å². The third kappa shape index (κ3) is 3.29. The highest BCUT2D eigenvalue weighted by Gasteiger charge is 2.24. The molecule has 0 aliphatic heterocycles. The van der Waals surface area contributed by atoms with Gasteiger partial charge in [0.15, 0.2) is 0 Å². The number of para-hydroxylation sites is 1. The zero-order chi connectivity index (χ0) is 19.6. The zero-order valence-electron chi connectivity index (χ0n) is 16.0. The average molecular weight is 377 g/mol. The van der Waals surface area contributed by atoms with E-state index in [0.29, 0.717) is 11.7 Å². The standard InChI is InChI=1S/C25H19N3O/c1-17-16-21(20-14-8-9-15-22(20)26-17)24-27-25(29-28-24)23(18-10-4-2-5-11-18)19-12-6-3-7-13-19/h2-16,23H,1H3. The molecule has 0 fully saturated rings. The first-order chi connectivity index (χ1) is 14.3. The highest BCUT2D eigenvalue weighted by atomic mass is 16.5. The third-order valence-corrected chi connectivity index (χ3v) is 5.04. The molecule has 0 saturated heterocycles. The fourth-order valence-electron chi connectivity index (χ4n) is 3.72. The summed E-state index contributed by atoms with van der Waals surface area (Å²) in [6, 6.07) is 30.5. The molecule has 0 amide bonds. The minimum absolute atomic E-state index is 0.118. The first-order valence-electron chi connectivity index (χ1n) is 9.60. The van der Waals surface area contributed by atoms with Crippen LogP contribution in [0.1, 0.15) is 28.6 Å². The molecule has 0 radical (unpaired) electrons. The Bertz CT molecular complexity index is 1220. The van der Waals surface area contributed by atoms with Gasteiger partial charge in [-0.2, -0.15) is 4.98 Å². The maximum Gasteiger partial charge on any atom is 0.238 e. The molecule has 4 heteroatoms. The largest absolute Gasteiger partial charge is 0.338 e. The molecule has 0 spiro atoms. The number of hydrogen-bond acceptors (Lipinski definition) is 4. The van der Waals surface area contributed by atoms with Crippen LogP contribution in [0.2, 0.25) is 0 Å². The molecule has 0 saturated carbocycles. The van der Waals surface area contributed by atoms with Gasteiger partial charge in [-0.05, 0) is 30.2 Å². The predicted molar refractivity (Wildman–Crippen MR) is 114 cm³/mol. The molecule has 140 valence electrons. The lowest BCUT2D eigenvalue weighted by atomic mass is 9.91. The van der Waals surface area contributed by atoms with Crippen molar-refractivity contribution in [2.75, 3.05) is 0 Å². The Morgan fingerprint density at radius 1 is 0.724 bits per heavy atom. The van der Waals surface area contributed by atoms with E-state index in [0.717, 1.165) is 33.3 Å². The summed E-state index contributed by atoms with van der Waals surface area (Å²) >= 11 is 0. The molecule has 5 aromatic rings. The van der Waals surface area contributed by atoms with E-state index in [4.69, 9.17) is 9.51 Å². The lowest BCUT2D eigenvalue weighted by Gasteiger charge is -2.13. The SMILES string of the molecule is Cc1cc(-c2noc(C(c3ccccc3)c3ccccc3)n2)c2ccccc2n1. The molecule has 0 unspecified atom stereocenters. The van der Waals surface area contributed by atoms with Crippen molar-refractivity contribution >= 4 is 10.9 Å². The lowest BCUT2D eigenvalue weighted by molar-refractivity contribution is 0.375. The van der Waals surface area contributed by atoms with Crippen molar-refractivity contribution in [3.05, 3.63) is 114 Å². The molecule has 0 N–H and O–H groups in total. The molecule has 3 aromatic carbocycles. The van der Waals surface area contributed by atoms with Gasteiger partial charge < -0.3 is 4.52 Å². The highest BCUT2D eigenvalue weighted by Crippen LogP contribution is 2.33. The molecule has 0 aliphatic carbocycles. The van der Waals surface area contributed by atoms with E-state index in [1.807, 2.05) is 73.7 Å². The normalized spacial score (nSPS) is 11.2. The van der Waals surface area contributed by atoms with Gasteiger partial charge in [-0.15, -0.1) is 0 Å². The van der Waals surface area contributed by atoms with E-state index in [2.05, 4.69) is 34.4 Å². The number of hydrogen-bond donors (Lipinski definition) is 0. The first kappa shape index (κ1) is 17.3. The Morgan fingerprint density at radius 3 is 2.03 bits per heavy atom. The van der Waals surface area contributed by atoms with Gasteiger partial charge in [0.05, 0.1) is 11.4 Å². The predicted octanol–water partition coefficient (Wildman–Crippen LogP) is 5.77. The van der Waals surface area contributed by atoms with Gasteiger partial charge in [0.25, 0.3) is 0 Å². The van der Waals surface area contributed by atoms with Crippen LogP contribution in [-0.2, 0) is 0 Å². The molecule has 0 aliphatic rings. The van der Waals surface area contributed by atoms with E-state index in [-0.39, 0.29) is 5.92 Å². The number of rotatable bonds is 4. The number of pyridine rings is 1. The van der Waals surface area contributed by atoms with Gasteiger partial charge in [-0.1, -0.05) is 84.0 Å². The smallest absolute Gasteiger partial charge is 0.238 e. The van der Waals surface area contributed by atoms with Gasteiger partial charge >= 0.3 is 0 Å².